The highest BCUT2D eigenvalue weighted by atomic mass is 16.6. The van der Waals surface area contributed by atoms with E-state index in [1.165, 1.54) is 4.90 Å². The summed E-state index contributed by atoms with van der Waals surface area (Å²) in [6.45, 7) is 5.72. The van der Waals surface area contributed by atoms with Gasteiger partial charge < -0.3 is 4.74 Å². The number of hydrogen-bond donors (Lipinski definition) is 0. The normalized spacial score (nSPS) is 11.0. The Morgan fingerprint density at radius 2 is 1.88 bits per heavy atom. The van der Waals surface area contributed by atoms with E-state index in [4.69, 9.17) is 4.74 Å². The van der Waals surface area contributed by atoms with Crippen molar-refractivity contribution < 1.29 is 14.3 Å². The Morgan fingerprint density at radius 3 is 2.42 bits per heavy atom. The maximum absolute atomic E-state index is 12.4. The Morgan fingerprint density at radius 1 is 1.17 bits per heavy atom. The predicted octanol–water partition coefficient (Wildman–Crippen LogP) is 2.02. The lowest BCUT2D eigenvalue weighted by Crippen LogP contribution is -2.36. The minimum Gasteiger partial charge on any atom is -0.444 e. The number of carbonyl (C=O) groups is 2. The molecule has 0 atom stereocenters. The highest BCUT2D eigenvalue weighted by molar-refractivity contribution is 5.71. The highest BCUT2D eigenvalue weighted by Crippen LogP contribution is 2.13. The quantitative estimate of drug-likeness (QED) is 0.774. The van der Waals surface area contributed by atoms with Crippen LogP contribution in [0.15, 0.2) is 30.6 Å². The van der Waals surface area contributed by atoms with Crippen molar-refractivity contribution >= 4 is 12.4 Å². The van der Waals surface area contributed by atoms with Crippen LogP contribution in [0.4, 0.5) is 4.79 Å². The molecule has 0 fully saturated rings. The molecule has 8 nitrogen and oxygen atoms in total. The van der Waals surface area contributed by atoms with Crippen LogP contribution in [0, 0.1) is 0 Å². The van der Waals surface area contributed by atoms with Crippen molar-refractivity contribution in [1.29, 1.82) is 0 Å². The van der Waals surface area contributed by atoms with E-state index >= 15 is 0 Å². The van der Waals surface area contributed by atoms with Gasteiger partial charge in [0.05, 0.1) is 18.8 Å². The summed E-state index contributed by atoms with van der Waals surface area (Å²) >= 11 is 0. The minimum absolute atomic E-state index is 0.166. The van der Waals surface area contributed by atoms with E-state index in [1.807, 2.05) is 0 Å². The van der Waals surface area contributed by atoms with Crippen molar-refractivity contribution in [2.24, 2.45) is 0 Å². The largest absolute Gasteiger partial charge is 0.444 e. The summed E-state index contributed by atoms with van der Waals surface area (Å²) in [4.78, 5) is 32.8. The van der Waals surface area contributed by atoms with E-state index < -0.39 is 11.7 Å². The molecule has 0 N–H and O–H groups in total. The van der Waals surface area contributed by atoms with Crippen molar-refractivity contribution in [3.8, 4) is 0 Å². The molecule has 8 heteroatoms. The van der Waals surface area contributed by atoms with E-state index in [2.05, 4.69) is 20.2 Å². The molecule has 2 aromatic rings. The zero-order valence-electron chi connectivity index (χ0n) is 13.8. The number of nitrogens with zero attached hydrogens (tertiary/aromatic N) is 5. The van der Waals surface area contributed by atoms with Gasteiger partial charge in [0.15, 0.2) is 6.29 Å². The molecule has 0 aromatic carbocycles. The molecular formula is C16H19N5O3. The van der Waals surface area contributed by atoms with Crippen LogP contribution in [0.25, 0.3) is 0 Å². The van der Waals surface area contributed by atoms with Gasteiger partial charge in [-0.25, -0.2) is 14.8 Å². The topological polar surface area (TPSA) is 98.2 Å². The number of carbonyl (C=O) groups excluding carboxylic acids is 2. The van der Waals surface area contributed by atoms with Crippen LogP contribution >= 0.6 is 0 Å². The first-order valence-electron chi connectivity index (χ1n) is 7.39. The molecule has 0 aliphatic carbocycles. The van der Waals surface area contributed by atoms with Gasteiger partial charge in [0.25, 0.3) is 0 Å². The molecule has 2 rings (SSSR count). The fourth-order valence-corrected chi connectivity index (χ4v) is 1.81. The molecular weight excluding hydrogens is 310 g/mol. The summed E-state index contributed by atoms with van der Waals surface area (Å²) in [6.07, 6.45) is 3.32. The molecule has 2 heterocycles. The van der Waals surface area contributed by atoms with Crippen LogP contribution in [0.1, 0.15) is 42.8 Å². The molecule has 0 spiro atoms. The van der Waals surface area contributed by atoms with E-state index in [-0.39, 0.29) is 18.8 Å². The first kappa shape index (κ1) is 17.5. The lowest BCUT2D eigenvalue weighted by Gasteiger charge is -2.26. The van der Waals surface area contributed by atoms with Crippen LogP contribution in [0.3, 0.4) is 0 Å². The minimum atomic E-state index is -0.625. The zero-order valence-corrected chi connectivity index (χ0v) is 13.8. The van der Waals surface area contributed by atoms with Crippen molar-refractivity contribution in [1.82, 2.24) is 25.1 Å². The van der Waals surface area contributed by atoms with Crippen LogP contribution in [-0.4, -0.2) is 43.0 Å². The first-order valence-corrected chi connectivity index (χ1v) is 7.39. The van der Waals surface area contributed by atoms with E-state index in [0.29, 0.717) is 17.8 Å². The van der Waals surface area contributed by atoms with Crippen LogP contribution in [0.2, 0.25) is 0 Å². The third-order valence-electron chi connectivity index (χ3n) is 2.82. The second-order valence-corrected chi connectivity index (χ2v) is 6.07. The molecule has 0 aliphatic heterocycles. The highest BCUT2D eigenvalue weighted by Gasteiger charge is 2.23. The first-order chi connectivity index (χ1) is 11.4. The summed E-state index contributed by atoms with van der Waals surface area (Å²) in [7, 11) is 0. The van der Waals surface area contributed by atoms with Crippen molar-refractivity contribution in [2.75, 3.05) is 0 Å². The number of aldehydes is 1. The summed E-state index contributed by atoms with van der Waals surface area (Å²) in [5.41, 5.74) is 0.135. The van der Waals surface area contributed by atoms with Crippen molar-refractivity contribution in [3.63, 3.8) is 0 Å². The van der Waals surface area contributed by atoms with Crippen LogP contribution in [-0.2, 0) is 17.8 Å². The second kappa shape index (κ2) is 7.58. The molecule has 126 valence electrons. The molecule has 0 bridgehead atoms. The average molecular weight is 329 g/mol. The van der Waals surface area contributed by atoms with Gasteiger partial charge >= 0.3 is 6.09 Å². The smallest absolute Gasteiger partial charge is 0.411 e. The number of hydrogen-bond acceptors (Lipinski definition) is 7. The Bertz CT molecular complexity index is 683. The number of rotatable bonds is 5. The van der Waals surface area contributed by atoms with Gasteiger partial charge in [-0.2, -0.15) is 5.10 Å². The number of ether oxygens (including phenoxy) is 1. The molecule has 0 radical (unpaired) electrons. The van der Waals surface area contributed by atoms with Crippen molar-refractivity contribution in [3.05, 3.63) is 47.8 Å². The Hall–Kier alpha value is -2.90. The Labute approximate surface area is 139 Å². The second-order valence-electron chi connectivity index (χ2n) is 6.07. The molecule has 24 heavy (non-hydrogen) atoms. The summed E-state index contributed by atoms with van der Waals surface area (Å²) in [5.74, 6) is 0.487. The average Bonchev–Trinajstić information content (AvgIpc) is 2.54. The van der Waals surface area contributed by atoms with Gasteiger partial charge in [0.2, 0.25) is 0 Å². The molecule has 1 amide bonds. The Kier molecular flexibility index (Phi) is 5.51. The molecule has 0 saturated heterocycles. The fraction of sp³-hybridized carbons (Fsp3) is 0.375. The third kappa shape index (κ3) is 5.38. The SMILES string of the molecule is CC(C)(C)OC(=O)N(Cc1ccc(C=O)nn1)Cc1ncccn1. The van der Waals surface area contributed by atoms with E-state index in [9.17, 15) is 9.59 Å². The summed E-state index contributed by atoms with van der Waals surface area (Å²) < 4.78 is 5.42. The van der Waals surface area contributed by atoms with Gasteiger partial charge in [0.1, 0.15) is 17.1 Å². The van der Waals surface area contributed by atoms with Gasteiger partial charge in [0, 0.05) is 12.4 Å². The predicted molar refractivity (Wildman–Crippen MR) is 84.9 cm³/mol. The molecule has 0 aliphatic rings. The van der Waals surface area contributed by atoms with Crippen molar-refractivity contribution in [2.45, 2.75) is 39.5 Å². The molecule has 0 unspecified atom stereocenters. The molecule has 2 aromatic heterocycles. The number of amides is 1. The fourth-order valence-electron chi connectivity index (χ4n) is 1.81. The summed E-state index contributed by atoms with van der Waals surface area (Å²) in [5, 5.41) is 7.70. The zero-order chi connectivity index (χ0) is 17.6. The third-order valence-corrected chi connectivity index (χ3v) is 2.82. The van der Waals surface area contributed by atoms with E-state index in [1.54, 1.807) is 51.4 Å². The van der Waals surface area contributed by atoms with E-state index in [0.717, 1.165) is 0 Å². The standard InChI is InChI=1S/C16H19N5O3/c1-16(2,3)24-15(23)21(10-14-17-7-4-8-18-14)9-12-5-6-13(11-22)20-19-12/h4-8,11H,9-10H2,1-3H3. The monoisotopic (exact) mass is 329 g/mol. The van der Waals surface area contributed by atoms with Crippen LogP contribution in [0.5, 0.6) is 0 Å². The van der Waals surface area contributed by atoms with Crippen LogP contribution < -0.4 is 0 Å². The Balaban J connectivity index is 2.17. The van der Waals surface area contributed by atoms with Gasteiger partial charge in [-0.3, -0.25) is 9.69 Å². The lowest BCUT2D eigenvalue weighted by atomic mass is 10.2. The summed E-state index contributed by atoms with van der Waals surface area (Å²) in [6, 6.07) is 4.88. The maximum Gasteiger partial charge on any atom is 0.411 e. The number of aromatic nitrogens is 4. The maximum atomic E-state index is 12.4. The van der Waals surface area contributed by atoms with Gasteiger partial charge in [-0.05, 0) is 39.0 Å². The molecule has 0 saturated carbocycles. The van der Waals surface area contributed by atoms with Gasteiger partial charge in [-0.1, -0.05) is 0 Å². The lowest BCUT2D eigenvalue weighted by molar-refractivity contribution is 0.0208. The van der Waals surface area contributed by atoms with Gasteiger partial charge in [-0.15, -0.1) is 5.10 Å².